The van der Waals surface area contributed by atoms with E-state index >= 15 is 0 Å². The van der Waals surface area contributed by atoms with E-state index < -0.39 is 53.7 Å². The lowest BCUT2D eigenvalue weighted by Gasteiger charge is -2.41. The monoisotopic (exact) mass is 554 g/mol. The highest BCUT2D eigenvalue weighted by atomic mass is 19.1. The molecule has 40 heavy (non-hydrogen) atoms. The number of rotatable bonds is 9. The summed E-state index contributed by atoms with van der Waals surface area (Å²) < 4.78 is 40.9. The topological polar surface area (TPSA) is 117 Å². The highest BCUT2D eigenvalue weighted by molar-refractivity contribution is 5.96. The predicted molar refractivity (Wildman–Crippen MR) is 143 cm³/mol. The summed E-state index contributed by atoms with van der Waals surface area (Å²) in [7, 11) is 0. The van der Waals surface area contributed by atoms with E-state index in [2.05, 4.69) is 5.10 Å². The number of nitrogens with two attached hydrogens (primary N) is 1. The fraction of sp³-hybridized carbons (Fsp3) is 0.379. The molecule has 212 valence electrons. The van der Waals surface area contributed by atoms with Crippen LogP contribution in [0.4, 0.5) is 8.78 Å². The molecule has 1 aromatic heterocycles. The number of esters is 1. The van der Waals surface area contributed by atoms with E-state index in [-0.39, 0.29) is 29.9 Å². The highest BCUT2D eigenvalue weighted by Crippen LogP contribution is 2.40. The molecule has 2 aromatic carbocycles. The van der Waals surface area contributed by atoms with Crippen molar-refractivity contribution in [1.29, 1.82) is 0 Å². The van der Waals surface area contributed by atoms with E-state index in [0.29, 0.717) is 11.1 Å². The van der Waals surface area contributed by atoms with Crippen LogP contribution >= 0.6 is 0 Å². The summed E-state index contributed by atoms with van der Waals surface area (Å²) in [5, 5.41) is 4.28. The summed E-state index contributed by atoms with van der Waals surface area (Å²) in [5.74, 6) is -3.40. The summed E-state index contributed by atoms with van der Waals surface area (Å²) >= 11 is 0. The van der Waals surface area contributed by atoms with Crippen molar-refractivity contribution in [1.82, 2.24) is 14.7 Å². The average Bonchev–Trinajstić information content (AvgIpc) is 2.90. The Balaban J connectivity index is 1.83. The molecule has 0 radical (unpaired) electrons. The lowest BCUT2D eigenvalue weighted by molar-refractivity contribution is -0.152. The molecule has 0 spiro atoms. The Bertz CT molecular complexity index is 1410. The van der Waals surface area contributed by atoms with Crippen molar-refractivity contribution in [2.75, 3.05) is 13.3 Å². The molecule has 0 bridgehead atoms. The smallest absolute Gasteiger partial charge is 0.326 e. The van der Waals surface area contributed by atoms with Crippen LogP contribution in [0.2, 0.25) is 0 Å². The van der Waals surface area contributed by atoms with Crippen LogP contribution in [0, 0.1) is 17.6 Å². The number of halogens is 2. The highest BCUT2D eigenvalue weighted by Gasteiger charge is 2.41. The number of carbonyl (C=O) groups is 2. The Kier molecular flexibility index (Phi) is 8.63. The Morgan fingerprint density at radius 1 is 1.05 bits per heavy atom. The Hall–Kier alpha value is -4.12. The number of amides is 1. The molecule has 2 N–H and O–H groups in total. The third kappa shape index (κ3) is 5.89. The van der Waals surface area contributed by atoms with Gasteiger partial charge in [0.15, 0.2) is 5.69 Å². The number of hydrogen-bond donors (Lipinski definition) is 1. The molecule has 2 atom stereocenters. The van der Waals surface area contributed by atoms with E-state index in [1.807, 2.05) is 13.8 Å². The van der Waals surface area contributed by atoms with Crippen molar-refractivity contribution >= 4 is 11.9 Å². The number of nitrogens with zero attached hydrogens (tertiary/aromatic N) is 3. The Morgan fingerprint density at radius 2 is 1.65 bits per heavy atom. The minimum atomic E-state index is -0.892. The van der Waals surface area contributed by atoms with Gasteiger partial charge < -0.3 is 20.1 Å². The zero-order valence-corrected chi connectivity index (χ0v) is 22.7. The molecule has 4 rings (SSSR count). The maximum Gasteiger partial charge on any atom is 0.326 e. The van der Waals surface area contributed by atoms with Gasteiger partial charge in [-0.15, -0.1) is 0 Å². The predicted octanol–water partition coefficient (Wildman–Crippen LogP) is 3.62. The fourth-order valence-corrected chi connectivity index (χ4v) is 4.78. The minimum absolute atomic E-state index is 0.134. The first-order chi connectivity index (χ1) is 19.0. The summed E-state index contributed by atoms with van der Waals surface area (Å²) in [6.07, 6.45) is 1.00. The molecule has 2 unspecified atom stereocenters. The zero-order valence-electron chi connectivity index (χ0n) is 22.7. The maximum atomic E-state index is 14.4. The Morgan fingerprint density at radius 3 is 2.17 bits per heavy atom. The molecular weight excluding hydrogens is 522 g/mol. The molecule has 9 nitrogen and oxygen atoms in total. The van der Waals surface area contributed by atoms with Crippen LogP contribution in [0.3, 0.4) is 0 Å². The van der Waals surface area contributed by atoms with Crippen LogP contribution in [0.25, 0.3) is 0 Å². The van der Waals surface area contributed by atoms with Gasteiger partial charge in [-0.1, -0.05) is 38.1 Å². The van der Waals surface area contributed by atoms with Crippen molar-refractivity contribution < 1.29 is 27.8 Å². The number of benzene rings is 2. The lowest BCUT2D eigenvalue weighted by Crippen LogP contribution is -2.50. The first-order valence-electron chi connectivity index (χ1n) is 13.0. The van der Waals surface area contributed by atoms with Gasteiger partial charge in [0.25, 0.3) is 5.91 Å². The van der Waals surface area contributed by atoms with Gasteiger partial charge in [0.2, 0.25) is 18.0 Å². The maximum absolute atomic E-state index is 14.4. The fourth-order valence-electron chi connectivity index (χ4n) is 4.78. The molecule has 1 amide bonds. The standard InChI is InChI=1S/C29H32F2N4O5/c1-16(2)25(32)29(38)40-15-39-27-23(36)13-33-35-22(14-34(17(3)4)28(37)26(27)35)24(18-7-5-9-20(30)11-18)19-8-6-10-21(31)12-19/h5-13,16-17,22,24-25H,14-15,32H2,1-4H3. The van der Waals surface area contributed by atoms with E-state index in [0.717, 1.165) is 6.20 Å². The van der Waals surface area contributed by atoms with Gasteiger partial charge in [-0.3, -0.25) is 19.1 Å². The van der Waals surface area contributed by atoms with Crippen LogP contribution in [0.15, 0.2) is 59.5 Å². The van der Waals surface area contributed by atoms with Crippen LogP contribution in [0.5, 0.6) is 5.75 Å². The molecule has 1 aliphatic heterocycles. The second-order valence-electron chi connectivity index (χ2n) is 10.3. The molecular formula is C29H32F2N4O5. The molecule has 3 aromatic rings. The summed E-state index contributed by atoms with van der Waals surface area (Å²) in [4.78, 5) is 40.3. The average molecular weight is 555 g/mol. The molecule has 1 aliphatic rings. The second kappa shape index (κ2) is 12.0. The SMILES string of the molecule is CC(C)C(N)C(=O)OCOc1c2n(ncc1=O)C(C(c1cccc(F)c1)c1cccc(F)c1)CN(C(C)C)C2=O. The van der Waals surface area contributed by atoms with Crippen molar-refractivity contribution in [2.24, 2.45) is 11.7 Å². The molecule has 0 fully saturated rings. The summed E-state index contributed by atoms with van der Waals surface area (Å²) in [6.45, 7) is 6.62. The number of carbonyl (C=O) groups excluding carboxylic acids is 2. The van der Waals surface area contributed by atoms with E-state index in [1.165, 1.54) is 28.9 Å². The summed E-state index contributed by atoms with van der Waals surface area (Å²) in [5.41, 5.74) is 6.02. The van der Waals surface area contributed by atoms with Gasteiger partial charge in [0, 0.05) is 18.5 Å². The first-order valence-corrected chi connectivity index (χ1v) is 13.0. The minimum Gasteiger partial charge on any atom is -0.451 e. The van der Waals surface area contributed by atoms with Crippen LogP contribution < -0.4 is 15.9 Å². The van der Waals surface area contributed by atoms with Crippen molar-refractivity contribution in [3.05, 3.63) is 93.4 Å². The van der Waals surface area contributed by atoms with Gasteiger partial charge in [-0.05, 0) is 55.2 Å². The number of ether oxygens (including phenoxy) is 2. The normalized spacial score (nSPS) is 15.9. The Labute approximate surface area is 230 Å². The van der Waals surface area contributed by atoms with Gasteiger partial charge in [0.05, 0.1) is 12.2 Å². The van der Waals surface area contributed by atoms with Gasteiger partial charge in [0.1, 0.15) is 17.7 Å². The van der Waals surface area contributed by atoms with Gasteiger partial charge >= 0.3 is 5.97 Å². The van der Waals surface area contributed by atoms with Crippen molar-refractivity contribution in [3.63, 3.8) is 0 Å². The molecule has 0 saturated carbocycles. The largest absolute Gasteiger partial charge is 0.451 e. The van der Waals surface area contributed by atoms with E-state index in [9.17, 15) is 23.2 Å². The van der Waals surface area contributed by atoms with Gasteiger partial charge in [-0.2, -0.15) is 5.10 Å². The molecule has 11 heteroatoms. The van der Waals surface area contributed by atoms with Crippen LogP contribution in [-0.2, 0) is 9.53 Å². The number of fused-ring (bicyclic) bond motifs is 1. The third-order valence-electron chi connectivity index (χ3n) is 6.95. The lowest BCUT2D eigenvalue weighted by atomic mass is 9.83. The number of hydrogen-bond acceptors (Lipinski definition) is 7. The molecule has 2 heterocycles. The second-order valence-corrected chi connectivity index (χ2v) is 10.3. The quantitative estimate of drug-likeness (QED) is 0.317. The summed E-state index contributed by atoms with van der Waals surface area (Å²) in [6, 6.07) is 9.97. The zero-order chi connectivity index (χ0) is 29.1. The van der Waals surface area contributed by atoms with Gasteiger partial charge in [-0.25, -0.2) is 8.78 Å². The molecule has 0 saturated heterocycles. The van der Waals surface area contributed by atoms with Crippen LogP contribution in [0.1, 0.15) is 61.3 Å². The van der Waals surface area contributed by atoms with E-state index in [1.54, 1.807) is 43.0 Å². The van der Waals surface area contributed by atoms with Crippen molar-refractivity contribution in [2.45, 2.75) is 51.7 Å². The van der Waals surface area contributed by atoms with Crippen LogP contribution in [-0.4, -0.2) is 52.0 Å². The van der Waals surface area contributed by atoms with E-state index in [4.69, 9.17) is 15.2 Å². The number of aromatic nitrogens is 2. The van der Waals surface area contributed by atoms with Crippen molar-refractivity contribution in [3.8, 4) is 5.75 Å². The third-order valence-corrected chi connectivity index (χ3v) is 6.95. The first kappa shape index (κ1) is 28.9. The molecule has 0 aliphatic carbocycles.